The highest BCUT2D eigenvalue weighted by atomic mass is 35.5. The topological polar surface area (TPSA) is 76.9 Å². The van der Waals surface area contributed by atoms with Crippen LogP contribution in [-0.2, 0) is 16.6 Å². The van der Waals surface area contributed by atoms with E-state index in [4.69, 9.17) is 11.6 Å². The number of rotatable bonds is 6. The molecule has 0 amide bonds. The van der Waals surface area contributed by atoms with Crippen LogP contribution >= 0.6 is 22.9 Å². The number of hydrogen-bond acceptors (Lipinski definition) is 5. The zero-order chi connectivity index (χ0) is 18.0. The van der Waals surface area contributed by atoms with E-state index in [1.165, 1.54) is 6.20 Å². The molecule has 0 spiro atoms. The Labute approximate surface area is 151 Å². The zero-order valence-corrected chi connectivity index (χ0v) is 14.8. The van der Waals surface area contributed by atoms with Crippen molar-refractivity contribution in [3.8, 4) is 10.4 Å². The van der Waals surface area contributed by atoms with E-state index in [9.17, 15) is 17.2 Å². The maximum absolute atomic E-state index is 12.3. The summed E-state index contributed by atoms with van der Waals surface area (Å²) in [5.74, 6) is 0. The Bertz CT molecular complexity index is 971. The van der Waals surface area contributed by atoms with E-state index in [1.54, 1.807) is 24.3 Å². The summed E-state index contributed by atoms with van der Waals surface area (Å²) in [6.07, 6.45) is 0.969. The molecular formula is C14H11ClF2N4O2S2. The molecule has 2 aromatic heterocycles. The molecule has 11 heteroatoms. The first-order chi connectivity index (χ1) is 11.8. The van der Waals surface area contributed by atoms with Gasteiger partial charge in [-0.3, -0.25) is 9.40 Å². The average molecular weight is 405 g/mol. The maximum atomic E-state index is 12.3. The van der Waals surface area contributed by atoms with Crippen LogP contribution in [-0.4, -0.2) is 29.6 Å². The van der Waals surface area contributed by atoms with Crippen LogP contribution in [0.4, 0.5) is 13.9 Å². The van der Waals surface area contributed by atoms with E-state index in [2.05, 4.69) is 14.8 Å². The van der Waals surface area contributed by atoms with Crippen molar-refractivity contribution < 1.29 is 17.2 Å². The number of anilines is 1. The molecule has 0 saturated carbocycles. The largest absolute Gasteiger partial charge is 0.266 e. The van der Waals surface area contributed by atoms with Crippen molar-refractivity contribution in [3.63, 3.8) is 0 Å². The van der Waals surface area contributed by atoms with Crippen LogP contribution in [0.3, 0.4) is 0 Å². The third-order valence-corrected chi connectivity index (χ3v) is 5.74. The van der Waals surface area contributed by atoms with E-state index >= 15 is 0 Å². The molecule has 3 rings (SSSR count). The van der Waals surface area contributed by atoms with Gasteiger partial charge in [-0.05, 0) is 17.7 Å². The summed E-state index contributed by atoms with van der Waals surface area (Å²) in [6, 6.07) is 7.03. The van der Waals surface area contributed by atoms with E-state index in [0.717, 1.165) is 38.9 Å². The number of benzene rings is 1. The van der Waals surface area contributed by atoms with Gasteiger partial charge in [0, 0.05) is 17.4 Å². The van der Waals surface area contributed by atoms with E-state index in [-0.39, 0.29) is 10.0 Å². The molecule has 0 aliphatic heterocycles. The lowest BCUT2D eigenvalue weighted by Gasteiger charge is -2.02. The zero-order valence-electron chi connectivity index (χ0n) is 12.4. The van der Waals surface area contributed by atoms with Gasteiger partial charge in [0.2, 0.25) is 0 Å². The van der Waals surface area contributed by atoms with Gasteiger partial charge in [-0.15, -0.1) is 0 Å². The van der Waals surface area contributed by atoms with Crippen LogP contribution in [0.1, 0.15) is 0 Å². The molecule has 0 radical (unpaired) electrons. The van der Waals surface area contributed by atoms with Gasteiger partial charge in [0.25, 0.3) is 16.4 Å². The number of alkyl halides is 2. The quantitative estimate of drug-likeness (QED) is 0.679. The third-order valence-electron chi connectivity index (χ3n) is 3.10. The Morgan fingerprint density at radius 2 is 1.96 bits per heavy atom. The molecule has 1 aromatic carbocycles. The van der Waals surface area contributed by atoms with Crippen LogP contribution in [0.25, 0.3) is 10.4 Å². The lowest BCUT2D eigenvalue weighted by molar-refractivity contribution is 0.121. The van der Waals surface area contributed by atoms with Gasteiger partial charge in [-0.1, -0.05) is 35.1 Å². The molecule has 0 aliphatic rings. The smallest absolute Gasteiger partial charge is 0.266 e. The van der Waals surface area contributed by atoms with Gasteiger partial charge < -0.3 is 0 Å². The number of hydrogen-bond donors (Lipinski definition) is 1. The van der Waals surface area contributed by atoms with Crippen LogP contribution in [0.5, 0.6) is 0 Å². The van der Waals surface area contributed by atoms with Crippen LogP contribution < -0.4 is 4.72 Å². The van der Waals surface area contributed by atoms with Crippen molar-refractivity contribution in [2.24, 2.45) is 0 Å². The second-order valence-electron chi connectivity index (χ2n) is 4.93. The predicted octanol–water partition coefficient (Wildman–Crippen LogP) is 3.73. The minimum Gasteiger partial charge on any atom is -0.266 e. The summed E-state index contributed by atoms with van der Waals surface area (Å²) >= 11 is 6.97. The number of sulfonamides is 1. The molecular weight excluding hydrogens is 394 g/mol. The molecule has 0 aliphatic carbocycles. The van der Waals surface area contributed by atoms with Gasteiger partial charge in [-0.25, -0.2) is 22.2 Å². The number of halogens is 3. The van der Waals surface area contributed by atoms with Crippen molar-refractivity contribution in [3.05, 3.63) is 47.9 Å². The minimum atomic E-state index is -3.96. The van der Waals surface area contributed by atoms with E-state index in [1.807, 2.05) is 0 Å². The SMILES string of the molecule is O=S(=O)(Nc1ncc(-c2ccc(Cl)cc2)s1)c1cnn(CC(F)F)c1. The molecule has 0 atom stereocenters. The highest BCUT2D eigenvalue weighted by Gasteiger charge is 2.19. The first kappa shape index (κ1) is 17.8. The fourth-order valence-electron chi connectivity index (χ4n) is 1.97. The van der Waals surface area contributed by atoms with Crippen molar-refractivity contribution >= 4 is 38.1 Å². The maximum Gasteiger partial charge on any atom is 0.266 e. The lowest BCUT2D eigenvalue weighted by Crippen LogP contribution is -2.12. The van der Waals surface area contributed by atoms with Gasteiger partial charge in [0.15, 0.2) is 5.13 Å². The van der Waals surface area contributed by atoms with E-state index in [0.29, 0.717) is 5.02 Å². The van der Waals surface area contributed by atoms with Crippen LogP contribution in [0.2, 0.25) is 5.02 Å². The first-order valence-electron chi connectivity index (χ1n) is 6.89. The normalized spacial score (nSPS) is 11.8. The number of nitrogens with one attached hydrogen (secondary N) is 1. The fourth-order valence-corrected chi connectivity index (χ4v) is 4.11. The van der Waals surface area contributed by atoms with Crippen LogP contribution in [0, 0.1) is 0 Å². The van der Waals surface area contributed by atoms with Gasteiger partial charge in [0.05, 0.1) is 11.1 Å². The number of nitrogens with zero attached hydrogens (tertiary/aromatic N) is 3. The molecule has 0 saturated heterocycles. The summed E-state index contributed by atoms with van der Waals surface area (Å²) in [7, 11) is -3.96. The van der Waals surface area contributed by atoms with E-state index < -0.39 is 23.0 Å². The van der Waals surface area contributed by atoms with Crippen molar-refractivity contribution in [2.75, 3.05) is 4.72 Å². The molecule has 0 bridgehead atoms. The molecule has 132 valence electrons. The molecule has 3 aromatic rings. The standard InChI is InChI=1S/C14H11ClF2N4O2S2/c15-10-3-1-9(2-4-10)12-6-18-14(24-12)20-25(22,23)11-5-19-21(7-11)8-13(16)17/h1-7,13H,8H2,(H,18,20). The molecule has 25 heavy (non-hydrogen) atoms. The fraction of sp³-hybridized carbons (Fsp3) is 0.143. The lowest BCUT2D eigenvalue weighted by atomic mass is 10.2. The second kappa shape index (κ2) is 7.06. The molecule has 0 unspecified atom stereocenters. The first-order valence-corrected chi connectivity index (χ1v) is 9.56. The highest BCUT2D eigenvalue weighted by Crippen LogP contribution is 2.30. The molecule has 6 nitrogen and oxygen atoms in total. The summed E-state index contributed by atoms with van der Waals surface area (Å²) in [6.45, 7) is -0.673. The van der Waals surface area contributed by atoms with Crippen molar-refractivity contribution in [1.29, 1.82) is 0 Å². The highest BCUT2D eigenvalue weighted by molar-refractivity contribution is 7.93. The van der Waals surface area contributed by atoms with Gasteiger partial charge >= 0.3 is 0 Å². The Morgan fingerprint density at radius 3 is 2.64 bits per heavy atom. The Hall–Kier alpha value is -2.04. The monoisotopic (exact) mass is 404 g/mol. The summed E-state index contributed by atoms with van der Waals surface area (Å²) in [5.41, 5.74) is 0.845. The third kappa shape index (κ3) is 4.33. The number of thiazole rings is 1. The molecule has 0 fully saturated rings. The Morgan fingerprint density at radius 1 is 1.24 bits per heavy atom. The minimum absolute atomic E-state index is 0.159. The summed E-state index contributed by atoms with van der Waals surface area (Å²) < 4.78 is 52.4. The molecule has 2 heterocycles. The number of aromatic nitrogens is 3. The van der Waals surface area contributed by atoms with Gasteiger partial charge in [-0.2, -0.15) is 5.10 Å². The molecule has 1 N–H and O–H groups in total. The van der Waals surface area contributed by atoms with Crippen molar-refractivity contribution in [1.82, 2.24) is 14.8 Å². The Kier molecular flexibility index (Phi) is 5.02. The summed E-state index contributed by atoms with van der Waals surface area (Å²) in [4.78, 5) is 4.57. The Balaban J connectivity index is 1.77. The van der Waals surface area contributed by atoms with Crippen molar-refractivity contribution in [2.45, 2.75) is 17.9 Å². The van der Waals surface area contributed by atoms with Crippen LogP contribution in [0.15, 0.2) is 47.8 Å². The average Bonchev–Trinajstić information content (AvgIpc) is 3.17. The predicted molar refractivity (Wildman–Crippen MR) is 91.6 cm³/mol. The second-order valence-corrected chi connectivity index (χ2v) is 8.08. The summed E-state index contributed by atoms with van der Waals surface area (Å²) in [5, 5.41) is 4.36. The van der Waals surface area contributed by atoms with Gasteiger partial charge in [0.1, 0.15) is 11.4 Å².